The fraction of sp³-hybridized carbons (Fsp3) is 0.286. The predicted molar refractivity (Wildman–Crippen MR) is 70.1 cm³/mol. The van der Waals surface area contributed by atoms with Crippen LogP contribution in [0.3, 0.4) is 0 Å². The van der Waals surface area contributed by atoms with Crippen LogP contribution in [0.15, 0.2) is 36.5 Å². The van der Waals surface area contributed by atoms with Crippen LogP contribution in [0, 0.1) is 13.8 Å². The highest BCUT2D eigenvalue weighted by atomic mass is 15.0. The second kappa shape index (κ2) is 5.43. The van der Waals surface area contributed by atoms with Crippen molar-refractivity contribution >= 4 is 5.82 Å². The first-order valence-electron chi connectivity index (χ1n) is 5.84. The third-order valence-electron chi connectivity index (χ3n) is 2.74. The van der Waals surface area contributed by atoms with Crippen molar-refractivity contribution in [1.29, 1.82) is 0 Å². The van der Waals surface area contributed by atoms with E-state index in [4.69, 9.17) is 0 Å². The highest BCUT2D eigenvalue weighted by Gasteiger charge is 1.98. The first kappa shape index (κ1) is 11.6. The third kappa shape index (κ3) is 3.28. The van der Waals surface area contributed by atoms with E-state index >= 15 is 0 Å². The molecule has 88 valence electrons. The molecule has 0 unspecified atom stereocenters. The van der Waals surface area contributed by atoms with Crippen molar-refractivity contribution in [1.82, 2.24) is 9.97 Å². The van der Waals surface area contributed by atoms with Gasteiger partial charge in [0.05, 0.1) is 0 Å². The van der Waals surface area contributed by atoms with Crippen LogP contribution in [-0.2, 0) is 6.42 Å². The lowest BCUT2D eigenvalue weighted by Gasteiger charge is -2.07. The summed E-state index contributed by atoms with van der Waals surface area (Å²) >= 11 is 0. The first-order chi connectivity index (χ1) is 8.25. The van der Waals surface area contributed by atoms with Crippen LogP contribution in [0.1, 0.15) is 17.0 Å². The molecule has 0 aliphatic rings. The Kier molecular flexibility index (Phi) is 3.70. The Morgan fingerprint density at radius 1 is 1.12 bits per heavy atom. The Morgan fingerprint density at radius 2 is 1.94 bits per heavy atom. The highest BCUT2D eigenvalue weighted by Crippen LogP contribution is 2.08. The fourth-order valence-corrected chi connectivity index (χ4v) is 1.77. The quantitative estimate of drug-likeness (QED) is 0.872. The van der Waals surface area contributed by atoms with E-state index in [0.29, 0.717) is 0 Å². The molecule has 0 atom stereocenters. The van der Waals surface area contributed by atoms with E-state index < -0.39 is 0 Å². The molecule has 3 nitrogen and oxygen atoms in total. The standard InChI is InChI=1S/C14H17N3/c1-11-5-3-4-6-13(11)7-9-16-14-8-10-15-12(2)17-14/h3-6,8,10H,7,9H2,1-2H3,(H,15,16,17). The molecule has 0 saturated carbocycles. The zero-order chi connectivity index (χ0) is 12.1. The zero-order valence-corrected chi connectivity index (χ0v) is 10.3. The molecule has 3 heteroatoms. The average molecular weight is 227 g/mol. The monoisotopic (exact) mass is 227 g/mol. The summed E-state index contributed by atoms with van der Waals surface area (Å²) in [7, 11) is 0. The largest absolute Gasteiger partial charge is 0.370 e. The Labute approximate surface area is 102 Å². The molecule has 1 heterocycles. The van der Waals surface area contributed by atoms with E-state index in [1.807, 2.05) is 13.0 Å². The summed E-state index contributed by atoms with van der Waals surface area (Å²) < 4.78 is 0. The summed E-state index contributed by atoms with van der Waals surface area (Å²) in [5.74, 6) is 1.69. The molecule has 2 rings (SSSR count). The molecule has 0 radical (unpaired) electrons. The lowest BCUT2D eigenvalue weighted by atomic mass is 10.1. The zero-order valence-electron chi connectivity index (χ0n) is 10.3. The number of anilines is 1. The number of hydrogen-bond acceptors (Lipinski definition) is 3. The molecule has 0 amide bonds. The SMILES string of the molecule is Cc1nccc(NCCc2ccccc2C)n1. The smallest absolute Gasteiger partial charge is 0.129 e. The minimum Gasteiger partial charge on any atom is -0.370 e. The maximum absolute atomic E-state index is 4.30. The minimum absolute atomic E-state index is 0.797. The summed E-state index contributed by atoms with van der Waals surface area (Å²) in [6.45, 7) is 4.93. The molecule has 1 N–H and O–H groups in total. The van der Waals surface area contributed by atoms with E-state index in [1.165, 1.54) is 11.1 Å². The van der Waals surface area contributed by atoms with Crippen LogP contribution in [0.2, 0.25) is 0 Å². The lowest BCUT2D eigenvalue weighted by Crippen LogP contribution is -2.07. The molecule has 0 aliphatic heterocycles. The van der Waals surface area contributed by atoms with Gasteiger partial charge >= 0.3 is 0 Å². The number of benzene rings is 1. The number of aryl methyl sites for hydroxylation is 2. The van der Waals surface area contributed by atoms with E-state index in [2.05, 4.69) is 46.5 Å². The van der Waals surface area contributed by atoms with Crippen LogP contribution in [0.25, 0.3) is 0 Å². The first-order valence-corrected chi connectivity index (χ1v) is 5.84. The highest BCUT2D eigenvalue weighted by molar-refractivity contribution is 5.34. The molecular formula is C14H17N3. The van der Waals surface area contributed by atoms with Gasteiger partial charge in [-0.15, -0.1) is 0 Å². The summed E-state index contributed by atoms with van der Waals surface area (Å²) in [6.07, 6.45) is 2.79. The summed E-state index contributed by atoms with van der Waals surface area (Å²) in [4.78, 5) is 8.37. The van der Waals surface area contributed by atoms with Gasteiger partial charge in [0.2, 0.25) is 0 Å². The third-order valence-corrected chi connectivity index (χ3v) is 2.74. The second-order valence-electron chi connectivity index (χ2n) is 4.09. The van der Waals surface area contributed by atoms with Crippen molar-refractivity contribution in [3.63, 3.8) is 0 Å². The Balaban J connectivity index is 1.90. The normalized spacial score (nSPS) is 10.2. The molecular weight excluding hydrogens is 210 g/mol. The van der Waals surface area contributed by atoms with Gasteiger partial charge in [-0.1, -0.05) is 24.3 Å². The van der Waals surface area contributed by atoms with E-state index in [9.17, 15) is 0 Å². The second-order valence-corrected chi connectivity index (χ2v) is 4.09. The van der Waals surface area contributed by atoms with Crippen LogP contribution >= 0.6 is 0 Å². The van der Waals surface area contributed by atoms with Crippen LogP contribution in [0.4, 0.5) is 5.82 Å². The van der Waals surface area contributed by atoms with Gasteiger partial charge in [0.25, 0.3) is 0 Å². The van der Waals surface area contributed by atoms with Crippen molar-refractivity contribution < 1.29 is 0 Å². The Morgan fingerprint density at radius 3 is 2.71 bits per heavy atom. The van der Waals surface area contributed by atoms with Gasteiger partial charge in [-0.3, -0.25) is 0 Å². The molecule has 2 aromatic rings. The summed E-state index contributed by atoms with van der Waals surface area (Å²) in [5.41, 5.74) is 2.72. The molecule has 1 aromatic heterocycles. The van der Waals surface area contributed by atoms with Crippen molar-refractivity contribution in [3.05, 3.63) is 53.5 Å². The van der Waals surface area contributed by atoms with Crippen LogP contribution in [0.5, 0.6) is 0 Å². The average Bonchev–Trinajstić information content (AvgIpc) is 2.32. The van der Waals surface area contributed by atoms with E-state index in [0.717, 1.165) is 24.6 Å². The maximum atomic E-state index is 4.30. The fourth-order valence-electron chi connectivity index (χ4n) is 1.77. The molecule has 0 spiro atoms. The van der Waals surface area contributed by atoms with Crippen LogP contribution < -0.4 is 5.32 Å². The van der Waals surface area contributed by atoms with Gasteiger partial charge < -0.3 is 5.32 Å². The molecule has 1 aromatic carbocycles. The molecule has 17 heavy (non-hydrogen) atoms. The van der Waals surface area contributed by atoms with Crippen molar-refractivity contribution in [2.75, 3.05) is 11.9 Å². The lowest BCUT2D eigenvalue weighted by molar-refractivity contribution is 0.973. The number of aromatic nitrogens is 2. The maximum Gasteiger partial charge on any atom is 0.129 e. The summed E-state index contributed by atoms with van der Waals surface area (Å²) in [6, 6.07) is 10.4. The number of nitrogens with zero attached hydrogens (tertiary/aromatic N) is 2. The van der Waals surface area contributed by atoms with Gasteiger partial charge in [0, 0.05) is 12.7 Å². The van der Waals surface area contributed by atoms with Gasteiger partial charge in [-0.05, 0) is 37.5 Å². The number of hydrogen-bond donors (Lipinski definition) is 1. The molecule has 0 bridgehead atoms. The number of nitrogens with one attached hydrogen (secondary N) is 1. The van der Waals surface area contributed by atoms with Gasteiger partial charge in [-0.25, -0.2) is 9.97 Å². The van der Waals surface area contributed by atoms with Gasteiger partial charge in [-0.2, -0.15) is 0 Å². The Bertz CT molecular complexity index is 494. The molecule has 0 fully saturated rings. The van der Waals surface area contributed by atoms with Gasteiger partial charge in [0.1, 0.15) is 11.6 Å². The molecule has 0 aliphatic carbocycles. The minimum atomic E-state index is 0.797. The summed E-state index contributed by atoms with van der Waals surface area (Å²) in [5, 5.41) is 3.31. The van der Waals surface area contributed by atoms with Crippen molar-refractivity contribution in [3.8, 4) is 0 Å². The topological polar surface area (TPSA) is 37.8 Å². The molecule has 0 saturated heterocycles. The van der Waals surface area contributed by atoms with Gasteiger partial charge in [0.15, 0.2) is 0 Å². The van der Waals surface area contributed by atoms with Crippen molar-refractivity contribution in [2.24, 2.45) is 0 Å². The Hall–Kier alpha value is -1.90. The van der Waals surface area contributed by atoms with Crippen molar-refractivity contribution in [2.45, 2.75) is 20.3 Å². The van der Waals surface area contributed by atoms with Crippen LogP contribution in [-0.4, -0.2) is 16.5 Å². The number of rotatable bonds is 4. The van der Waals surface area contributed by atoms with E-state index in [1.54, 1.807) is 6.20 Å². The van der Waals surface area contributed by atoms with E-state index in [-0.39, 0.29) is 0 Å². The predicted octanol–water partition coefficient (Wildman–Crippen LogP) is 2.75.